The number of carbonyl (C=O) groups excluding carboxylic acids is 2. The molecule has 0 radical (unpaired) electrons. The van der Waals surface area contributed by atoms with Crippen molar-refractivity contribution in [2.45, 2.75) is 25.8 Å². The van der Waals surface area contributed by atoms with Gasteiger partial charge >= 0.3 is 0 Å². The fourth-order valence-corrected chi connectivity index (χ4v) is 2.67. The summed E-state index contributed by atoms with van der Waals surface area (Å²) in [6.45, 7) is 1.83. The Kier molecular flexibility index (Phi) is 4.74. The summed E-state index contributed by atoms with van der Waals surface area (Å²) >= 11 is 0. The first kappa shape index (κ1) is 14.5. The Morgan fingerprint density at radius 1 is 1.25 bits per heavy atom. The SMILES string of the molecule is NCc1ccc(C(=O)N2CCC[C@@H](CC(N)=O)C2)cc1. The van der Waals surface area contributed by atoms with Crippen molar-refractivity contribution in [1.82, 2.24) is 4.90 Å². The Bertz CT molecular complexity index is 484. The van der Waals surface area contributed by atoms with Crippen LogP contribution in [-0.4, -0.2) is 29.8 Å². The van der Waals surface area contributed by atoms with Gasteiger partial charge in [0.1, 0.15) is 0 Å². The van der Waals surface area contributed by atoms with Gasteiger partial charge in [-0.25, -0.2) is 0 Å². The molecule has 1 fully saturated rings. The lowest BCUT2D eigenvalue weighted by molar-refractivity contribution is -0.119. The van der Waals surface area contributed by atoms with E-state index in [2.05, 4.69) is 0 Å². The van der Waals surface area contributed by atoms with Crippen molar-refractivity contribution >= 4 is 11.8 Å². The van der Waals surface area contributed by atoms with E-state index in [0.717, 1.165) is 24.9 Å². The van der Waals surface area contributed by atoms with Gasteiger partial charge in [0.15, 0.2) is 0 Å². The zero-order valence-electron chi connectivity index (χ0n) is 11.5. The summed E-state index contributed by atoms with van der Waals surface area (Å²) in [5, 5.41) is 0. The molecule has 20 heavy (non-hydrogen) atoms. The van der Waals surface area contributed by atoms with E-state index in [-0.39, 0.29) is 17.7 Å². The maximum atomic E-state index is 12.4. The lowest BCUT2D eigenvalue weighted by Gasteiger charge is -2.32. The smallest absolute Gasteiger partial charge is 0.253 e. The van der Waals surface area contributed by atoms with Crippen molar-refractivity contribution in [2.75, 3.05) is 13.1 Å². The fourth-order valence-electron chi connectivity index (χ4n) is 2.67. The molecule has 1 saturated heterocycles. The van der Waals surface area contributed by atoms with E-state index in [0.29, 0.717) is 25.1 Å². The number of benzene rings is 1. The Hall–Kier alpha value is -1.88. The number of hydrogen-bond donors (Lipinski definition) is 2. The molecule has 0 bridgehead atoms. The van der Waals surface area contributed by atoms with Gasteiger partial charge in [-0.1, -0.05) is 12.1 Å². The molecular formula is C15H21N3O2. The Labute approximate surface area is 118 Å². The molecular weight excluding hydrogens is 254 g/mol. The first-order valence-electron chi connectivity index (χ1n) is 6.96. The van der Waals surface area contributed by atoms with Crippen LogP contribution < -0.4 is 11.5 Å². The number of hydrogen-bond acceptors (Lipinski definition) is 3. The molecule has 1 aromatic carbocycles. The fraction of sp³-hybridized carbons (Fsp3) is 0.467. The van der Waals surface area contributed by atoms with Gasteiger partial charge < -0.3 is 16.4 Å². The molecule has 2 amide bonds. The van der Waals surface area contributed by atoms with E-state index in [1.807, 2.05) is 29.2 Å². The van der Waals surface area contributed by atoms with Crippen LogP contribution in [0.4, 0.5) is 0 Å². The van der Waals surface area contributed by atoms with E-state index in [4.69, 9.17) is 11.5 Å². The molecule has 1 aliphatic heterocycles. The maximum absolute atomic E-state index is 12.4. The third-order valence-electron chi connectivity index (χ3n) is 3.73. The number of likely N-dealkylation sites (tertiary alicyclic amines) is 1. The van der Waals surface area contributed by atoms with Gasteiger partial charge in [-0.2, -0.15) is 0 Å². The lowest BCUT2D eigenvalue weighted by atomic mass is 9.94. The summed E-state index contributed by atoms with van der Waals surface area (Å²) in [5.74, 6) is -0.0899. The average molecular weight is 275 g/mol. The van der Waals surface area contributed by atoms with Crippen LogP contribution in [0, 0.1) is 5.92 Å². The van der Waals surface area contributed by atoms with Crippen molar-refractivity contribution in [1.29, 1.82) is 0 Å². The van der Waals surface area contributed by atoms with Crippen LogP contribution in [0.1, 0.15) is 35.2 Å². The first-order chi connectivity index (χ1) is 9.60. The Morgan fingerprint density at radius 2 is 1.95 bits per heavy atom. The van der Waals surface area contributed by atoms with Crippen molar-refractivity contribution in [2.24, 2.45) is 17.4 Å². The van der Waals surface area contributed by atoms with Crippen LogP contribution in [0.3, 0.4) is 0 Å². The first-order valence-corrected chi connectivity index (χ1v) is 6.96. The molecule has 108 valence electrons. The van der Waals surface area contributed by atoms with E-state index < -0.39 is 0 Å². The number of piperidine rings is 1. The molecule has 4 N–H and O–H groups in total. The summed E-state index contributed by atoms with van der Waals surface area (Å²) in [6.07, 6.45) is 2.24. The van der Waals surface area contributed by atoms with Gasteiger partial charge in [-0.3, -0.25) is 9.59 Å². The molecule has 5 heteroatoms. The molecule has 0 unspecified atom stereocenters. The van der Waals surface area contributed by atoms with Crippen LogP contribution in [0.5, 0.6) is 0 Å². The molecule has 0 aliphatic carbocycles. The summed E-state index contributed by atoms with van der Waals surface area (Å²) in [4.78, 5) is 25.2. The number of carbonyl (C=O) groups is 2. The Morgan fingerprint density at radius 3 is 2.55 bits per heavy atom. The quantitative estimate of drug-likeness (QED) is 0.854. The molecule has 1 atom stereocenters. The molecule has 0 spiro atoms. The summed E-state index contributed by atoms with van der Waals surface area (Å²) in [6, 6.07) is 7.36. The molecule has 5 nitrogen and oxygen atoms in total. The summed E-state index contributed by atoms with van der Waals surface area (Å²) in [7, 11) is 0. The summed E-state index contributed by atoms with van der Waals surface area (Å²) in [5.41, 5.74) is 12.5. The predicted octanol–water partition coefficient (Wildman–Crippen LogP) is 0.873. The van der Waals surface area contributed by atoms with E-state index >= 15 is 0 Å². The standard InChI is InChI=1S/C15H21N3O2/c16-9-11-3-5-13(6-4-11)15(20)18-7-1-2-12(10-18)8-14(17)19/h3-6,12H,1-2,7-10,16H2,(H2,17,19)/t12-/m0/s1. The highest BCUT2D eigenvalue weighted by Crippen LogP contribution is 2.21. The highest BCUT2D eigenvalue weighted by Gasteiger charge is 2.25. The van der Waals surface area contributed by atoms with Gasteiger partial charge in [0.2, 0.25) is 5.91 Å². The number of nitrogens with two attached hydrogens (primary N) is 2. The van der Waals surface area contributed by atoms with Crippen LogP contribution in [0.2, 0.25) is 0 Å². The number of amides is 2. The summed E-state index contributed by atoms with van der Waals surface area (Å²) < 4.78 is 0. The minimum atomic E-state index is -0.295. The monoisotopic (exact) mass is 275 g/mol. The van der Waals surface area contributed by atoms with E-state index in [1.165, 1.54) is 0 Å². The second-order valence-electron chi connectivity index (χ2n) is 5.33. The molecule has 0 saturated carbocycles. The molecule has 1 aliphatic rings. The van der Waals surface area contributed by atoms with Gasteiger partial charge in [-0.15, -0.1) is 0 Å². The second-order valence-corrected chi connectivity index (χ2v) is 5.33. The number of nitrogens with zero attached hydrogens (tertiary/aromatic N) is 1. The second kappa shape index (κ2) is 6.52. The molecule has 2 rings (SSSR count). The minimum Gasteiger partial charge on any atom is -0.370 e. The number of primary amides is 1. The zero-order chi connectivity index (χ0) is 14.5. The van der Waals surface area contributed by atoms with Gasteiger partial charge in [-0.05, 0) is 36.5 Å². The van der Waals surface area contributed by atoms with Crippen LogP contribution in [0.15, 0.2) is 24.3 Å². The van der Waals surface area contributed by atoms with Gasteiger partial charge in [0, 0.05) is 31.6 Å². The van der Waals surface area contributed by atoms with E-state index in [9.17, 15) is 9.59 Å². The Balaban J connectivity index is 2.02. The predicted molar refractivity (Wildman–Crippen MR) is 76.8 cm³/mol. The molecule has 0 aromatic heterocycles. The van der Waals surface area contributed by atoms with Gasteiger partial charge in [0.25, 0.3) is 5.91 Å². The lowest BCUT2D eigenvalue weighted by Crippen LogP contribution is -2.41. The third-order valence-corrected chi connectivity index (χ3v) is 3.73. The van der Waals surface area contributed by atoms with Crippen molar-refractivity contribution in [3.05, 3.63) is 35.4 Å². The van der Waals surface area contributed by atoms with Crippen LogP contribution >= 0.6 is 0 Å². The highest BCUT2D eigenvalue weighted by atomic mass is 16.2. The van der Waals surface area contributed by atoms with Crippen molar-refractivity contribution in [3.8, 4) is 0 Å². The molecule has 1 heterocycles. The van der Waals surface area contributed by atoms with Crippen molar-refractivity contribution < 1.29 is 9.59 Å². The van der Waals surface area contributed by atoms with E-state index in [1.54, 1.807) is 0 Å². The third kappa shape index (κ3) is 3.57. The zero-order valence-corrected chi connectivity index (χ0v) is 11.5. The minimum absolute atomic E-state index is 0.0164. The van der Waals surface area contributed by atoms with Gasteiger partial charge in [0.05, 0.1) is 0 Å². The maximum Gasteiger partial charge on any atom is 0.253 e. The molecule has 1 aromatic rings. The topological polar surface area (TPSA) is 89.4 Å². The largest absolute Gasteiger partial charge is 0.370 e. The number of rotatable bonds is 4. The van der Waals surface area contributed by atoms with Crippen LogP contribution in [-0.2, 0) is 11.3 Å². The normalized spacial score (nSPS) is 18.9. The van der Waals surface area contributed by atoms with Crippen molar-refractivity contribution in [3.63, 3.8) is 0 Å². The average Bonchev–Trinajstić information content (AvgIpc) is 2.46. The highest BCUT2D eigenvalue weighted by molar-refractivity contribution is 5.94. The van der Waals surface area contributed by atoms with Crippen LogP contribution in [0.25, 0.3) is 0 Å².